The molecule has 118 valence electrons. The molecule has 0 aromatic heterocycles. The van der Waals surface area contributed by atoms with E-state index in [9.17, 15) is 4.79 Å². The Balaban J connectivity index is 1.61. The third-order valence-electron chi connectivity index (χ3n) is 5.01. The molecule has 3 heteroatoms. The van der Waals surface area contributed by atoms with Crippen molar-refractivity contribution in [2.45, 2.75) is 45.1 Å². The fourth-order valence-electron chi connectivity index (χ4n) is 3.40. The van der Waals surface area contributed by atoms with E-state index in [1.54, 1.807) is 6.08 Å². The zero-order chi connectivity index (χ0) is 15.5. The summed E-state index contributed by atoms with van der Waals surface area (Å²) >= 11 is 0. The average molecular weight is 299 g/mol. The molecule has 0 radical (unpaired) electrons. The highest BCUT2D eigenvalue weighted by Crippen LogP contribution is 2.27. The summed E-state index contributed by atoms with van der Waals surface area (Å²) in [5.74, 6) is 1.90. The monoisotopic (exact) mass is 299 g/mol. The molecule has 1 aliphatic heterocycles. The summed E-state index contributed by atoms with van der Waals surface area (Å²) in [6.45, 7) is 3.07. The lowest BCUT2D eigenvalue weighted by molar-refractivity contribution is -0.127. The molecule has 1 fully saturated rings. The van der Waals surface area contributed by atoms with E-state index >= 15 is 0 Å². The van der Waals surface area contributed by atoms with Crippen LogP contribution in [0.15, 0.2) is 24.3 Å². The predicted molar refractivity (Wildman–Crippen MR) is 88.9 cm³/mol. The Labute approximate surface area is 133 Å². The minimum Gasteiger partial charge on any atom is -0.493 e. The number of likely N-dealkylation sites (N-methyl/N-ethyl adjacent to an activating group) is 1. The fraction of sp³-hybridized carbons (Fsp3) is 0.526. The second kappa shape index (κ2) is 6.55. The van der Waals surface area contributed by atoms with Gasteiger partial charge in [0.15, 0.2) is 0 Å². The Bertz CT molecular complexity index is 571. The summed E-state index contributed by atoms with van der Waals surface area (Å²) in [4.78, 5) is 14.3. The Kier molecular flexibility index (Phi) is 4.51. The van der Waals surface area contributed by atoms with Crippen LogP contribution in [0.3, 0.4) is 0 Å². The third-order valence-corrected chi connectivity index (χ3v) is 5.01. The van der Waals surface area contributed by atoms with Gasteiger partial charge in [-0.1, -0.05) is 13.0 Å². The van der Waals surface area contributed by atoms with Crippen molar-refractivity contribution in [1.82, 2.24) is 4.90 Å². The quantitative estimate of drug-likeness (QED) is 0.797. The Morgan fingerprint density at radius 3 is 2.82 bits per heavy atom. The number of fused-ring (bicyclic) bond motifs is 1. The summed E-state index contributed by atoms with van der Waals surface area (Å²) in [5.41, 5.74) is 2.31. The second-order valence-corrected chi connectivity index (χ2v) is 6.66. The lowest BCUT2D eigenvalue weighted by Gasteiger charge is -2.33. The molecular weight excluding hydrogens is 274 g/mol. The first-order chi connectivity index (χ1) is 10.6. The molecule has 3 nitrogen and oxygen atoms in total. The van der Waals surface area contributed by atoms with E-state index in [1.807, 2.05) is 30.2 Å². The van der Waals surface area contributed by atoms with Crippen molar-refractivity contribution in [3.05, 3.63) is 35.4 Å². The summed E-state index contributed by atoms with van der Waals surface area (Å²) in [7, 11) is 1.93. The van der Waals surface area contributed by atoms with Gasteiger partial charge < -0.3 is 9.64 Å². The molecule has 1 saturated carbocycles. The van der Waals surface area contributed by atoms with Crippen LogP contribution in [-0.4, -0.2) is 30.5 Å². The fourth-order valence-corrected chi connectivity index (χ4v) is 3.40. The summed E-state index contributed by atoms with van der Waals surface area (Å²) in [6, 6.07) is 6.53. The molecule has 22 heavy (non-hydrogen) atoms. The molecule has 1 aromatic rings. The van der Waals surface area contributed by atoms with Gasteiger partial charge in [-0.05, 0) is 60.9 Å². The number of benzene rings is 1. The SMILES string of the molecule is CC1CCC(N(C)C(=O)/C=C/c2ccc3c(c2)CCO3)CC1. The maximum absolute atomic E-state index is 12.3. The van der Waals surface area contributed by atoms with Crippen LogP contribution in [0.4, 0.5) is 0 Å². The largest absolute Gasteiger partial charge is 0.493 e. The van der Waals surface area contributed by atoms with E-state index in [0.29, 0.717) is 6.04 Å². The van der Waals surface area contributed by atoms with Gasteiger partial charge in [-0.15, -0.1) is 0 Å². The summed E-state index contributed by atoms with van der Waals surface area (Å²) in [6.07, 6.45) is 9.32. The molecule has 0 N–H and O–H groups in total. The van der Waals surface area contributed by atoms with Crippen molar-refractivity contribution in [1.29, 1.82) is 0 Å². The number of amides is 1. The highest BCUT2D eigenvalue weighted by atomic mass is 16.5. The van der Waals surface area contributed by atoms with Crippen molar-refractivity contribution in [3.8, 4) is 5.75 Å². The van der Waals surface area contributed by atoms with Gasteiger partial charge in [0.25, 0.3) is 0 Å². The highest BCUT2D eigenvalue weighted by Gasteiger charge is 2.23. The zero-order valence-electron chi connectivity index (χ0n) is 13.5. The molecule has 0 atom stereocenters. The van der Waals surface area contributed by atoms with Crippen LogP contribution in [0.1, 0.15) is 43.7 Å². The van der Waals surface area contributed by atoms with Gasteiger partial charge in [0.1, 0.15) is 5.75 Å². The van der Waals surface area contributed by atoms with Gasteiger partial charge in [0.05, 0.1) is 6.61 Å². The van der Waals surface area contributed by atoms with Crippen LogP contribution in [0.5, 0.6) is 5.75 Å². The standard InChI is InChI=1S/C19H25NO2/c1-14-3-7-17(8-4-14)20(2)19(21)10-6-15-5-9-18-16(13-15)11-12-22-18/h5-6,9-10,13-14,17H,3-4,7-8,11-12H2,1-2H3/b10-6+. The third kappa shape index (κ3) is 3.34. The summed E-state index contributed by atoms with van der Waals surface area (Å²) < 4.78 is 5.51. The van der Waals surface area contributed by atoms with Gasteiger partial charge >= 0.3 is 0 Å². The molecule has 0 unspecified atom stereocenters. The van der Waals surface area contributed by atoms with Crippen LogP contribution < -0.4 is 4.74 Å². The maximum atomic E-state index is 12.3. The smallest absolute Gasteiger partial charge is 0.246 e. The molecule has 3 rings (SSSR count). The zero-order valence-corrected chi connectivity index (χ0v) is 13.5. The first kappa shape index (κ1) is 15.1. The van der Waals surface area contributed by atoms with Crippen molar-refractivity contribution >= 4 is 12.0 Å². The van der Waals surface area contributed by atoms with E-state index in [0.717, 1.165) is 43.1 Å². The van der Waals surface area contributed by atoms with Crippen LogP contribution in [0.25, 0.3) is 6.08 Å². The molecule has 0 bridgehead atoms. The van der Waals surface area contributed by atoms with Crippen molar-refractivity contribution in [2.24, 2.45) is 5.92 Å². The molecule has 1 amide bonds. The number of carbonyl (C=O) groups excluding carboxylic acids is 1. The Morgan fingerprint density at radius 1 is 1.27 bits per heavy atom. The van der Waals surface area contributed by atoms with E-state index < -0.39 is 0 Å². The minimum atomic E-state index is 0.108. The van der Waals surface area contributed by atoms with Crippen LogP contribution >= 0.6 is 0 Å². The first-order valence-electron chi connectivity index (χ1n) is 8.34. The van der Waals surface area contributed by atoms with Gasteiger partial charge in [-0.2, -0.15) is 0 Å². The minimum absolute atomic E-state index is 0.108. The van der Waals surface area contributed by atoms with Crippen molar-refractivity contribution in [3.63, 3.8) is 0 Å². The van der Waals surface area contributed by atoms with E-state index in [-0.39, 0.29) is 5.91 Å². The van der Waals surface area contributed by atoms with Gasteiger partial charge in [-0.25, -0.2) is 0 Å². The molecule has 0 saturated heterocycles. The van der Waals surface area contributed by atoms with Crippen molar-refractivity contribution < 1.29 is 9.53 Å². The molecule has 0 spiro atoms. The predicted octanol–water partition coefficient (Wildman–Crippen LogP) is 3.67. The van der Waals surface area contributed by atoms with Crippen LogP contribution in [0, 0.1) is 5.92 Å². The van der Waals surface area contributed by atoms with E-state index in [2.05, 4.69) is 13.0 Å². The second-order valence-electron chi connectivity index (χ2n) is 6.66. The normalized spacial score (nSPS) is 24.1. The van der Waals surface area contributed by atoms with Gasteiger partial charge in [-0.3, -0.25) is 4.79 Å². The molecule has 1 aliphatic carbocycles. The van der Waals surface area contributed by atoms with E-state index in [1.165, 1.54) is 18.4 Å². The maximum Gasteiger partial charge on any atom is 0.246 e. The van der Waals surface area contributed by atoms with E-state index in [4.69, 9.17) is 4.74 Å². The number of rotatable bonds is 3. The molecule has 2 aliphatic rings. The summed E-state index contributed by atoms with van der Waals surface area (Å²) in [5, 5.41) is 0. The van der Waals surface area contributed by atoms with Crippen LogP contribution in [-0.2, 0) is 11.2 Å². The number of hydrogen-bond donors (Lipinski definition) is 0. The number of carbonyl (C=O) groups is 1. The Morgan fingerprint density at radius 2 is 2.05 bits per heavy atom. The van der Waals surface area contributed by atoms with Gasteiger partial charge in [0, 0.05) is 25.6 Å². The number of nitrogens with zero attached hydrogens (tertiary/aromatic N) is 1. The highest BCUT2D eigenvalue weighted by molar-refractivity contribution is 5.91. The number of ether oxygens (including phenoxy) is 1. The van der Waals surface area contributed by atoms with Gasteiger partial charge in [0.2, 0.25) is 5.91 Å². The lowest BCUT2D eigenvalue weighted by Crippen LogP contribution is -2.38. The Hall–Kier alpha value is -1.77. The average Bonchev–Trinajstić information content (AvgIpc) is 3.00. The van der Waals surface area contributed by atoms with Crippen molar-refractivity contribution in [2.75, 3.05) is 13.7 Å². The van der Waals surface area contributed by atoms with Crippen LogP contribution in [0.2, 0.25) is 0 Å². The molecule has 1 heterocycles. The number of hydrogen-bond acceptors (Lipinski definition) is 2. The first-order valence-corrected chi connectivity index (χ1v) is 8.34. The molecular formula is C19H25NO2. The molecule has 1 aromatic carbocycles. The lowest BCUT2D eigenvalue weighted by atomic mass is 9.87. The topological polar surface area (TPSA) is 29.5 Å².